The maximum absolute atomic E-state index is 11.9. The van der Waals surface area contributed by atoms with Gasteiger partial charge in [0.15, 0.2) is 5.82 Å². The van der Waals surface area contributed by atoms with Gasteiger partial charge in [0.05, 0.1) is 12.2 Å². The molecule has 0 radical (unpaired) electrons. The Kier molecular flexibility index (Phi) is 5.52. The van der Waals surface area contributed by atoms with Gasteiger partial charge in [0.25, 0.3) is 0 Å². The molecule has 7 heteroatoms. The topological polar surface area (TPSA) is 74.2 Å². The third-order valence-electron chi connectivity index (χ3n) is 5.87. The Morgan fingerprint density at radius 2 is 2.21 bits per heavy atom. The molecule has 2 aromatic rings. The predicted octanol–water partition coefficient (Wildman–Crippen LogP) is 2.34. The van der Waals surface area contributed by atoms with Gasteiger partial charge in [0.1, 0.15) is 5.82 Å². The van der Waals surface area contributed by atoms with Crippen LogP contribution >= 0.6 is 0 Å². The van der Waals surface area contributed by atoms with E-state index < -0.39 is 0 Å². The van der Waals surface area contributed by atoms with E-state index in [1.807, 2.05) is 17.0 Å². The van der Waals surface area contributed by atoms with Crippen LogP contribution in [0.4, 0.5) is 5.82 Å². The molecule has 2 aliphatic heterocycles. The van der Waals surface area contributed by atoms with Crippen LogP contribution in [0, 0.1) is 0 Å². The lowest BCUT2D eigenvalue weighted by atomic mass is 10.0. The smallest absolute Gasteiger partial charge is 0.219 e. The van der Waals surface area contributed by atoms with Crippen molar-refractivity contribution in [3.05, 3.63) is 35.8 Å². The summed E-state index contributed by atoms with van der Waals surface area (Å²) in [6.07, 6.45) is 7.98. The van der Waals surface area contributed by atoms with E-state index in [4.69, 9.17) is 9.97 Å². The molecule has 1 fully saturated rings. The van der Waals surface area contributed by atoms with Gasteiger partial charge in [-0.05, 0) is 51.4 Å². The molecule has 0 bridgehead atoms. The molecule has 148 valence electrons. The van der Waals surface area contributed by atoms with Crippen molar-refractivity contribution in [2.75, 3.05) is 32.0 Å². The van der Waals surface area contributed by atoms with Crippen molar-refractivity contribution in [1.82, 2.24) is 24.8 Å². The van der Waals surface area contributed by atoms with E-state index in [0.717, 1.165) is 48.6 Å². The second-order valence-electron chi connectivity index (χ2n) is 7.75. The number of aromatic nitrogens is 3. The van der Waals surface area contributed by atoms with E-state index in [1.165, 1.54) is 19.4 Å². The van der Waals surface area contributed by atoms with E-state index in [9.17, 15) is 4.79 Å². The highest BCUT2D eigenvalue weighted by Crippen LogP contribution is 2.27. The first-order valence-electron chi connectivity index (χ1n) is 10.1. The molecule has 4 heterocycles. The largest absolute Gasteiger partial charge is 0.370 e. The lowest BCUT2D eigenvalue weighted by Crippen LogP contribution is -2.35. The van der Waals surface area contributed by atoms with Gasteiger partial charge in [-0.3, -0.25) is 9.78 Å². The molecule has 1 atom stereocenters. The van der Waals surface area contributed by atoms with Crippen LogP contribution < -0.4 is 5.32 Å². The van der Waals surface area contributed by atoms with E-state index in [2.05, 4.69) is 22.2 Å². The van der Waals surface area contributed by atoms with Crippen LogP contribution in [0.2, 0.25) is 0 Å². The molecule has 0 aromatic carbocycles. The average molecular weight is 380 g/mol. The van der Waals surface area contributed by atoms with Crippen LogP contribution in [-0.2, 0) is 17.8 Å². The highest BCUT2D eigenvalue weighted by atomic mass is 16.2. The highest BCUT2D eigenvalue weighted by Gasteiger charge is 2.25. The van der Waals surface area contributed by atoms with E-state index in [1.54, 1.807) is 19.3 Å². The normalized spacial score (nSPS) is 19.5. The first-order valence-corrected chi connectivity index (χ1v) is 10.1. The second kappa shape index (κ2) is 8.22. The maximum Gasteiger partial charge on any atom is 0.219 e. The van der Waals surface area contributed by atoms with Crippen LogP contribution in [0.5, 0.6) is 0 Å². The van der Waals surface area contributed by atoms with E-state index >= 15 is 0 Å². The Morgan fingerprint density at radius 3 is 2.93 bits per heavy atom. The summed E-state index contributed by atoms with van der Waals surface area (Å²) >= 11 is 0. The van der Waals surface area contributed by atoms with Gasteiger partial charge in [-0.25, -0.2) is 9.97 Å². The number of pyridine rings is 1. The number of hydrogen-bond acceptors (Lipinski definition) is 6. The van der Waals surface area contributed by atoms with Gasteiger partial charge in [-0.1, -0.05) is 0 Å². The zero-order chi connectivity index (χ0) is 19.5. The lowest BCUT2D eigenvalue weighted by Gasteiger charge is -2.29. The standard InChI is InChI=1S/C21H28N6O/c1-15(28)27-12-8-18-19(14-27)24-20(16-5-3-9-22-13-16)25-21(18)23-10-7-17-6-4-11-26(17)2/h3,5,9,13,17H,4,6-8,10-12,14H2,1-2H3,(H,23,24,25)/t17-/m1/s1. The quantitative estimate of drug-likeness (QED) is 0.858. The monoisotopic (exact) mass is 380 g/mol. The summed E-state index contributed by atoms with van der Waals surface area (Å²) in [6, 6.07) is 4.51. The fraction of sp³-hybridized carbons (Fsp3) is 0.524. The van der Waals surface area contributed by atoms with Crippen LogP contribution in [-0.4, -0.2) is 63.4 Å². The summed E-state index contributed by atoms with van der Waals surface area (Å²) in [5.74, 6) is 1.66. The number of hydrogen-bond donors (Lipinski definition) is 1. The highest BCUT2D eigenvalue weighted by molar-refractivity contribution is 5.74. The lowest BCUT2D eigenvalue weighted by molar-refractivity contribution is -0.129. The van der Waals surface area contributed by atoms with Gasteiger partial charge < -0.3 is 15.1 Å². The number of likely N-dealkylation sites (tertiary alicyclic amines) is 1. The summed E-state index contributed by atoms with van der Waals surface area (Å²) < 4.78 is 0. The van der Waals surface area contributed by atoms with Crippen molar-refractivity contribution in [3.8, 4) is 11.4 Å². The fourth-order valence-electron chi connectivity index (χ4n) is 4.17. The number of amides is 1. The molecule has 0 spiro atoms. The van der Waals surface area contributed by atoms with Gasteiger partial charge in [-0.15, -0.1) is 0 Å². The summed E-state index contributed by atoms with van der Waals surface area (Å²) in [7, 11) is 2.21. The Bertz CT molecular complexity index is 840. The van der Waals surface area contributed by atoms with Crippen LogP contribution in [0.3, 0.4) is 0 Å². The van der Waals surface area contributed by atoms with E-state index in [0.29, 0.717) is 18.4 Å². The van der Waals surface area contributed by atoms with Crippen LogP contribution in [0.15, 0.2) is 24.5 Å². The summed E-state index contributed by atoms with van der Waals surface area (Å²) in [5.41, 5.74) is 2.98. The Labute approximate surface area is 166 Å². The number of nitrogens with one attached hydrogen (secondary N) is 1. The second-order valence-corrected chi connectivity index (χ2v) is 7.75. The minimum atomic E-state index is 0.0889. The number of rotatable bonds is 5. The summed E-state index contributed by atoms with van der Waals surface area (Å²) in [4.78, 5) is 30.0. The maximum atomic E-state index is 11.9. The number of carbonyl (C=O) groups excluding carboxylic acids is 1. The molecular formula is C21H28N6O. The first-order chi connectivity index (χ1) is 13.6. The zero-order valence-corrected chi connectivity index (χ0v) is 16.7. The average Bonchev–Trinajstić information content (AvgIpc) is 3.12. The van der Waals surface area contributed by atoms with Gasteiger partial charge in [0, 0.05) is 49.6 Å². The molecule has 28 heavy (non-hydrogen) atoms. The molecule has 7 nitrogen and oxygen atoms in total. The van der Waals surface area contributed by atoms with Gasteiger partial charge in [-0.2, -0.15) is 0 Å². The Balaban J connectivity index is 1.58. The van der Waals surface area contributed by atoms with E-state index in [-0.39, 0.29) is 5.91 Å². The van der Waals surface area contributed by atoms with Crippen molar-refractivity contribution in [2.45, 2.75) is 45.2 Å². The minimum absolute atomic E-state index is 0.0889. The molecule has 1 saturated heterocycles. The molecule has 0 aliphatic carbocycles. The fourth-order valence-corrected chi connectivity index (χ4v) is 4.17. The zero-order valence-electron chi connectivity index (χ0n) is 16.7. The SMILES string of the molecule is CC(=O)N1CCc2c(nc(-c3cccnc3)nc2NCC[C@H]2CCCN2C)C1. The third-order valence-corrected chi connectivity index (χ3v) is 5.87. The predicted molar refractivity (Wildman–Crippen MR) is 109 cm³/mol. The van der Waals surface area contributed by atoms with Crippen LogP contribution in [0.1, 0.15) is 37.4 Å². The summed E-state index contributed by atoms with van der Waals surface area (Å²) in [6.45, 7) is 4.96. The Morgan fingerprint density at radius 1 is 1.32 bits per heavy atom. The van der Waals surface area contributed by atoms with Crippen LogP contribution in [0.25, 0.3) is 11.4 Å². The van der Waals surface area contributed by atoms with Crippen molar-refractivity contribution in [3.63, 3.8) is 0 Å². The molecule has 2 aromatic heterocycles. The molecule has 0 unspecified atom stereocenters. The van der Waals surface area contributed by atoms with Crippen molar-refractivity contribution in [2.24, 2.45) is 0 Å². The van der Waals surface area contributed by atoms with Crippen molar-refractivity contribution < 1.29 is 4.79 Å². The first kappa shape index (κ1) is 18.8. The molecule has 2 aliphatic rings. The third kappa shape index (κ3) is 3.99. The molecule has 1 amide bonds. The number of fused-ring (bicyclic) bond motifs is 1. The molecule has 0 saturated carbocycles. The minimum Gasteiger partial charge on any atom is -0.370 e. The number of carbonyl (C=O) groups is 1. The van der Waals surface area contributed by atoms with Gasteiger partial charge in [0.2, 0.25) is 5.91 Å². The Hall–Kier alpha value is -2.54. The number of nitrogens with zero attached hydrogens (tertiary/aromatic N) is 5. The van der Waals surface area contributed by atoms with Crippen molar-refractivity contribution >= 4 is 11.7 Å². The molecule has 1 N–H and O–H groups in total. The molecule has 4 rings (SSSR count). The number of anilines is 1. The van der Waals surface area contributed by atoms with Crippen molar-refractivity contribution in [1.29, 1.82) is 0 Å². The van der Waals surface area contributed by atoms with Gasteiger partial charge >= 0.3 is 0 Å². The molecular weight excluding hydrogens is 352 g/mol. The summed E-state index contributed by atoms with van der Waals surface area (Å²) in [5, 5.41) is 3.57.